The molecule has 8 heteroatoms. The van der Waals surface area contributed by atoms with Crippen LogP contribution in [0.5, 0.6) is 0 Å². The van der Waals surface area contributed by atoms with Crippen LogP contribution in [0.2, 0.25) is 0 Å². The molecule has 1 N–H and O–H groups in total. The molecule has 0 aromatic carbocycles. The maximum Gasteiger partial charge on any atom is 0.324 e. The number of halogens is 1. The van der Waals surface area contributed by atoms with E-state index in [0.29, 0.717) is 23.0 Å². The van der Waals surface area contributed by atoms with Gasteiger partial charge in [-0.25, -0.2) is 9.78 Å². The van der Waals surface area contributed by atoms with Gasteiger partial charge in [-0.05, 0) is 43.7 Å². The minimum Gasteiger partial charge on any atom is -0.314 e. The molecule has 2 aromatic heterocycles. The van der Waals surface area contributed by atoms with E-state index < -0.39 is 5.95 Å². The molecule has 2 bridgehead atoms. The topological polar surface area (TPSA) is 71.0 Å². The van der Waals surface area contributed by atoms with E-state index >= 15 is 0 Å². The molecule has 0 spiro atoms. The van der Waals surface area contributed by atoms with Gasteiger partial charge in [-0.15, -0.1) is 10.2 Å². The van der Waals surface area contributed by atoms with Crippen molar-refractivity contribution in [2.45, 2.75) is 69.4 Å². The Balaban J connectivity index is 1.33. The van der Waals surface area contributed by atoms with E-state index in [2.05, 4.69) is 20.5 Å². The highest BCUT2D eigenvalue weighted by Crippen LogP contribution is 2.44. The average molecular weight is 387 g/mol. The third kappa shape index (κ3) is 2.99. The molecule has 1 saturated heterocycles. The minimum absolute atomic E-state index is 0.0203. The van der Waals surface area contributed by atoms with E-state index in [0.717, 1.165) is 36.3 Å². The first kappa shape index (κ1) is 17.0. The van der Waals surface area contributed by atoms with Gasteiger partial charge < -0.3 is 4.90 Å². The summed E-state index contributed by atoms with van der Waals surface area (Å²) in [5, 5.41) is 13.0. The van der Waals surface area contributed by atoms with Crippen LogP contribution in [0.4, 0.5) is 14.3 Å². The van der Waals surface area contributed by atoms with E-state index in [1.54, 1.807) is 0 Å². The van der Waals surface area contributed by atoms with Crippen molar-refractivity contribution in [3.8, 4) is 0 Å². The van der Waals surface area contributed by atoms with E-state index in [1.807, 2.05) is 11.0 Å². The predicted octanol–water partition coefficient (Wildman–Crippen LogP) is 4.41. The van der Waals surface area contributed by atoms with Crippen LogP contribution in [0.25, 0.3) is 0 Å². The van der Waals surface area contributed by atoms with Crippen LogP contribution >= 0.6 is 11.3 Å². The van der Waals surface area contributed by atoms with Crippen molar-refractivity contribution < 1.29 is 9.18 Å². The largest absolute Gasteiger partial charge is 0.324 e. The molecular weight excluding hydrogens is 365 g/mol. The maximum absolute atomic E-state index is 14.1. The number of anilines is 1. The van der Waals surface area contributed by atoms with Gasteiger partial charge in [0, 0.05) is 23.7 Å². The summed E-state index contributed by atoms with van der Waals surface area (Å²) in [5.74, 6) is 0.0844. The number of carbonyl (C=O) groups is 1. The number of nitrogens with zero attached hydrogens (tertiary/aromatic N) is 4. The Hall–Kier alpha value is -2.09. The zero-order valence-corrected chi connectivity index (χ0v) is 15.8. The zero-order valence-electron chi connectivity index (χ0n) is 15.0. The molecule has 6 nitrogen and oxygen atoms in total. The lowest BCUT2D eigenvalue weighted by molar-refractivity contribution is 0.178. The van der Waals surface area contributed by atoms with Crippen LogP contribution < -0.4 is 5.32 Å². The first-order valence-electron chi connectivity index (χ1n) is 9.76. The van der Waals surface area contributed by atoms with Crippen LogP contribution in [-0.2, 0) is 6.42 Å². The third-order valence-corrected chi connectivity index (χ3v) is 7.19. The molecule has 2 amide bonds. The van der Waals surface area contributed by atoms with Gasteiger partial charge >= 0.3 is 6.03 Å². The molecule has 2 unspecified atom stereocenters. The van der Waals surface area contributed by atoms with Gasteiger partial charge in [-0.3, -0.25) is 5.32 Å². The summed E-state index contributed by atoms with van der Waals surface area (Å²) in [5.41, 5.74) is 1.57. The summed E-state index contributed by atoms with van der Waals surface area (Å²) >= 11 is 1.49. The molecule has 0 radical (unpaired) electrons. The Morgan fingerprint density at radius 3 is 2.89 bits per heavy atom. The Kier molecular flexibility index (Phi) is 4.30. The summed E-state index contributed by atoms with van der Waals surface area (Å²) < 4.78 is 14.1. The van der Waals surface area contributed by atoms with Gasteiger partial charge in [0.2, 0.25) is 11.1 Å². The van der Waals surface area contributed by atoms with Gasteiger partial charge in [0.15, 0.2) is 0 Å². The van der Waals surface area contributed by atoms with Crippen LogP contribution in [0.15, 0.2) is 12.3 Å². The number of carbonyl (C=O) groups excluding carboxylic acids is 1. The minimum atomic E-state index is -0.397. The number of pyridine rings is 1. The first-order valence-corrected chi connectivity index (χ1v) is 10.6. The Labute approximate surface area is 161 Å². The lowest BCUT2D eigenvalue weighted by Crippen LogP contribution is -2.44. The van der Waals surface area contributed by atoms with Crippen molar-refractivity contribution in [3.63, 3.8) is 0 Å². The smallest absolute Gasteiger partial charge is 0.314 e. The van der Waals surface area contributed by atoms with Crippen LogP contribution in [0.1, 0.15) is 73.0 Å². The fraction of sp³-hybridized carbons (Fsp3) is 0.579. The molecule has 2 atom stereocenters. The highest BCUT2D eigenvalue weighted by Gasteiger charge is 2.43. The summed E-state index contributed by atoms with van der Waals surface area (Å²) in [7, 11) is 0. The van der Waals surface area contributed by atoms with Gasteiger partial charge in [0.1, 0.15) is 5.01 Å². The Morgan fingerprint density at radius 1 is 1.19 bits per heavy atom. The molecule has 2 fully saturated rings. The fourth-order valence-electron chi connectivity index (χ4n) is 4.88. The molecule has 27 heavy (non-hydrogen) atoms. The molecule has 4 heterocycles. The molecule has 3 aliphatic rings. The molecule has 2 aliphatic heterocycles. The molecule has 142 valence electrons. The summed E-state index contributed by atoms with van der Waals surface area (Å²) in [6.45, 7) is 0. The fourth-order valence-corrected chi connectivity index (χ4v) is 5.78. The Bertz CT molecular complexity index is 866. The number of rotatable bonds is 2. The standard InChI is InChI=1S/C19H22FN5OS/c20-16-14-10-12-6-7-15(13(14)8-9-21-16)25(12)19(26)22-18-24-23-17(27-18)11-4-2-1-3-5-11/h8-9,11-12,15H,1-7,10H2,(H,22,24,26). The van der Waals surface area contributed by atoms with Crippen molar-refractivity contribution in [2.24, 2.45) is 0 Å². The van der Waals surface area contributed by atoms with Crippen LogP contribution in [0.3, 0.4) is 0 Å². The van der Waals surface area contributed by atoms with E-state index in [9.17, 15) is 9.18 Å². The van der Waals surface area contributed by atoms with Gasteiger partial charge in [0.05, 0.1) is 6.04 Å². The molecule has 5 rings (SSSR count). The van der Waals surface area contributed by atoms with E-state index in [-0.39, 0.29) is 18.1 Å². The van der Waals surface area contributed by atoms with Crippen LogP contribution in [0, 0.1) is 5.95 Å². The van der Waals surface area contributed by atoms with Crippen molar-refractivity contribution >= 4 is 22.5 Å². The second-order valence-electron chi connectivity index (χ2n) is 7.74. The lowest BCUT2D eigenvalue weighted by Gasteiger charge is -2.35. The lowest BCUT2D eigenvalue weighted by atomic mass is 9.90. The first-order chi connectivity index (χ1) is 13.2. The average Bonchev–Trinajstić information content (AvgIpc) is 3.27. The predicted molar refractivity (Wildman–Crippen MR) is 100 cm³/mol. The quantitative estimate of drug-likeness (QED) is 0.775. The number of amides is 2. The number of aromatic nitrogens is 3. The van der Waals surface area contributed by atoms with Gasteiger partial charge in [-0.1, -0.05) is 30.6 Å². The van der Waals surface area contributed by atoms with Crippen molar-refractivity contribution in [1.29, 1.82) is 0 Å². The Morgan fingerprint density at radius 2 is 2.04 bits per heavy atom. The zero-order chi connectivity index (χ0) is 18.4. The maximum atomic E-state index is 14.1. The monoisotopic (exact) mass is 387 g/mol. The van der Waals surface area contributed by atoms with E-state index in [4.69, 9.17) is 0 Å². The molecular formula is C19H22FN5OS. The SMILES string of the molecule is O=C(Nc1nnc(C2CCCCC2)s1)N1C2CCC1c1ccnc(F)c1C2. The molecule has 2 aromatic rings. The number of hydrogen-bond acceptors (Lipinski definition) is 5. The summed E-state index contributed by atoms with van der Waals surface area (Å²) in [4.78, 5) is 18.6. The highest BCUT2D eigenvalue weighted by atomic mass is 32.1. The van der Waals surface area contributed by atoms with E-state index in [1.165, 1.54) is 36.8 Å². The van der Waals surface area contributed by atoms with Crippen LogP contribution in [-0.4, -0.2) is 32.2 Å². The van der Waals surface area contributed by atoms with Gasteiger partial charge in [0.25, 0.3) is 0 Å². The molecule has 1 saturated carbocycles. The number of hydrogen-bond donors (Lipinski definition) is 1. The second-order valence-corrected chi connectivity index (χ2v) is 8.75. The van der Waals surface area contributed by atoms with Crippen molar-refractivity contribution in [1.82, 2.24) is 20.1 Å². The normalized spacial score (nSPS) is 24.7. The third-order valence-electron chi connectivity index (χ3n) is 6.18. The summed E-state index contributed by atoms with van der Waals surface area (Å²) in [6, 6.07) is 1.63. The highest BCUT2D eigenvalue weighted by molar-refractivity contribution is 7.15. The van der Waals surface area contributed by atoms with Crippen molar-refractivity contribution in [3.05, 3.63) is 34.3 Å². The number of fused-ring (bicyclic) bond motifs is 4. The van der Waals surface area contributed by atoms with Crippen molar-refractivity contribution in [2.75, 3.05) is 5.32 Å². The number of urea groups is 1. The van der Waals surface area contributed by atoms with Gasteiger partial charge in [-0.2, -0.15) is 4.39 Å². The molecule has 1 aliphatic carbocycles. The summed E-state index contributed by atoms with van der Waals surface area (Å²) in [6.07, 6.45) is 9.88. The number of nitrogens with one attached hydrogen (secondary N) is 1. The second kappa shape index (κ2) is 6.82.